The summed E-state index contributed by atoms with van der Waals surface area (Å²) in [6, 6.07) is 7.52. The van der Waals surface area contributed by atoms with Crippen LogP contribution in [0, 0.1) is 0 Å². The van der Waals surface area contributed by atoms with Gasteiger partial charge in [-0.1, -0.05) is 32.3 Å². The molecule has 1 aromatic carbocycles. The Balaban J connectivity index is 2.79. The molecule has 0 aliphatic heterocycles. The molecule has 4 nitrogen and oxygen atoms in total. The average molecular weight is 264 g/mol. The van der Waals surface area contributed by atoms with Crippen LogP contribution in [-0.2, 0) is 4.79 Å². The molecule has 0 saturated carbocycles. The van der Waals surface area contributed by atoms with Crippen LogP contribution in [0.2, 0.25) is 0 Å². The van der Waals surface area contributed by atoms with Gasteiger partial charge in [-0.15, -0.1) is 0 Å². The topological polar surface area (TPSA) is 64.3 Å². The predicted octanol–water partition coefficient (Wildman–Crippen LogP) is 2.93. The maximum Gasteiger partial charge on any atom is 0.242 e. The van der Waals surface area contributed by atoms with Crippen LogP contribution in [0.15, 0.2) is 24.3 Å². The molecule has 3 N–H and O–H groups in total. The SMILES string of the molecule is CCCCCC(C)(Nc1cccc(OC)c1)C(N)=O. The molecule has 0 bridgehead atoms. The smallest absolute Gasteiger partial charge is 0.242 e. The van der Waals surface area contributed by atoms with Gasteiger partial charge in [0.05, 0.1) is 7.11 Å². The number of anilines is 1. The summed E-state index contributed by atoms with van der Waals surface area (Å²) >= 11 is 0. The lowest BCUT2D eigenvalue weighted by Crippen LogP contribution is -2.47. The van der Waals surface area contributed by atoms with Crippen LogP contribution < -0.4 is 15.8 Å². The van der Waals surface area contributed by atoms with Crippen molar-refractivity contribution in [2.45, 2.75) is 45.1 Å². The summed E-state index contributed by atoms with van der Waals surface area (Å²) in [7, 11) is 1.62. The van der Waals surface area contributed by atoms with Crippen LogP contribution >= 0.6 is 0 Å². The lowest BCUT2D eigenvalue weighted by molar-refractivity contribution is -0.122. The van der Waals surface area contributed by atoms with Crippen molar-refractivity contribution in [1.29, 1.82) is 0 Å². The number of carbonyl (C=O) groups is 1. The minimum atomic E-state index is -0.721. The Morgan fingerprint density at radius 1 is 1.42 bits per heavy atom. The highest BCUT2D eigenvalue weighted by Crippen LogP contribution is 2.24. The van der Waals surface area contributed by atoms with Crippen molar-refractivity contribution in [2.75, 3.05) is 12.4 Å². The molecule has 1 amide bonds. The van der Waals surface area contributed by atoms with Crippen LogP contribution in [0.1, 0.15) is 39.5 Å². The Morgan fingerprint density at radius 2 is 2.16 bits per heavy atom. The molecule has 1 atom stereocenters. The lowest BCUT2D eigenvalue weighted by Gasteiger charge is -2.28. The number of carbonyl (C=O) groups excluding carboxylic acids is 1. The first kappa shape index (κ1) is 15.3. The summed E-state index contributed by atoms with van der Waals surface area (Å²) < 4.78 is 5.17. The molecule has 0 fully saturated rings. The number of ether oxygens (including phenoxy) is 1. The Labute approximate surface area is 115 Å². The van der Waals surface area contributed by atoms with Gasteiger partial charge in [-0.25, -0.2) is 0 Å². The van der Waals surface area contributed by atoms with Crippen LogP contribution in [0.3, 0.4) is 0 Å². The molecule has 1 rings (SSSR count). The molecule has 1 unspecified atom stereocenters. The molecule has 1 aromatic rings. The lowest BCUT2D eigenvalue weighted by atomic mass is 9.93. The first-order valence-electron chi connectivity index (χ1n) is 6.74. The van der Waals surface area contributed by atoms with Gasteiger partial charge in [0.1, 0.15) is 11.3 Å². The van der Waals surface area contributed by atoms with Gasteiger partial charge in [0, 0.05) is 11.8 Å². The maximum absolute atomic E-state index is 11.7. The third-order valence-electron chi connectivity index (χ3n) is 3.31. The van der Waals surface area contributed by atoms with E-state index in [1.165, 1.54) is 0 Å². The van der Waals surface area contributed by atoms with Crippen molar-refractivity contribution < 1.29 is 9.53 Å². The summed E-state index contributed by atoms with van der Waals surface area (Å²) in [5.74, 6) is 0.428. The molecular formula is C15H24N2O2. The van der Waals surface area contributed by atoms with Crippen LogP contribution in [-0.4, -0.2) is 18.6 Å². The number of unbranched alkanes of at least 4 members (excludes halogenated alkanes) is 2. The van der Waals surface area contributed by atoms with E-state index in [0.29, 0.717) is 0 Å². The second-order valence-electron chi connectivity index (χ2n) is 5.01. The zero-order valence-electron chi connectivity index (χ0n) is 12.0. The van der Waals surface area contributed by atoms with E-state index in [2.05, 4.69) is 12.2 Å². The van der Waals surface area contributed by atoms with Crippen molar-refractivity contribution in [3.05, 3.63) is 24.3 Å². The summed E-state index contributed by atoms with van der Waals surface area (Å²) in [6.07, 6.45) is 3.93. The summed E-state index contributed by atoms with van der Waals surface area (Å²) in [6.45, 7) is 3.99. The van der Waals surface area contributed by atoms with Crippen molar-refractivity contribution in [3.63, 3.8) is 0 Å². The minimum Gasteiger partial charge on any atom is -0.497 e. The number of nitrogens with two attached hydrogens (primary N) is 1. The van der Waals surface area contributed by atoms with Crippen LogP contribution in [0.5, 0.6) is 5.75 Å². The van der Waals surface area contributed by atoms with Crippen LogP contribution in [0.25, 0.3) is 0 Å². The predicted molar refractivity (Wildman–Crippen MR) is 78.4 cm³/mol. The van der Waals surface area contributed by atoms with E-state index < -0.39 is 5.54 Å². The van der Waals surface area contributed by atoms with Gasteiger partial charge < -0.3 is 15.8 Å². The fraction of sp³-hybridized carbons (Fsp3) is 0.533. The first-order valence-corrected chi connectivity index (χ1v) is 6.74. The Bertz CT molecular complexity index is 420. The average Bonchev–Trinajstić information content (AvgIpc) is 2.39. The molecule has 0 saturated heterocycles. The van der Waals surface area contributed by atoms with E-state index in [-0.39, 0.29) is 5.91 Å². The highest BCUT2D eigenvalue weighted by Gasteiger charge is 2.30. The number of rotatable bonds is 8. The molecule has 106 valence electrons. The number of primary amides is 1. The third kappa shape index (κ3) is 4.47. The number of hydrogen-bond donors (Lipinski definition) is 2. The van der Waals surface area contributed by atoms with E-state index in [0.717, 1.165) is 37.1 Å². The molecule has 0 radical (unpaired) electrons. The molecule has 0 spiro atoms. The molecule has 0 heterocycles. The number of nitrogens with one attached hydrogen (secondary N) is 1. The second-order valence-corrected chi connectivity index (χ2v) is 5.01. The maximum atomic E-state index is 11.7. The third-order valence-corrected chi connectivity index (χ3v) is 3.31. The fourth-order valence-electron chi connectivity index (χ4n) is 2.00. The number of benzene rings is 1. The minimum absolute atomic E-state index is 0.327. The molecule has 4 heteroatoms. The summed E-state index contributed by atoms with van der Waals surface area (Å²) in [4.78, 5) is 11.7. The van der Waals surface area contributed by atoms with Gasteiger partial charge in [0.15, 0.2) is 0 Å². The molecule has 0 aliphatic rings. The van der Waals surface area contributed by atoms with Gasteiger partial charge in [-0.2, -0.15) is 0 Å². The van der Waals surface area contributed by atoms with Gasteiger partial charge in [0.25, 0.3) is 0 Å². The van der Waals surface area contributed by atoms with E-state index in [1.54, 1.807) is 7.11 Å². The Kier molecular flexibility index (Phi) is 5.67. The Hall–Kier alpha value is -1.71. The first-order chi connectivity index (χ1) is 9.01. The van der Waals surface area contributed by atoms with Gasteiger partial charge in [-0.3, -0.25) is 4.79 Å². The number of amides is 1. The standard InChI is InChI=1S/C15H24N2O2/c1-4-5-6-10-15(2,14(16)18)17-12-8-7-9-13(11-12)19-3/h7-9,11,17H,4-6,10H2,1-3H3,(H2,16,18). The summed E-state index contributed by atoms with van der Waals surface area (Å²) in [5, 5.41) is 3.23. The zero-order chi connectivity index (χ0) is 14.3. The van der Waals surface area contributed by atoms with Gasteiger partial charge >= 0.3 is 0 Å². The molecule has 19 heavy (non-hydrogen) atoms. The normalized spacial score (nSPS) is 13.6. The van der Waals surface area contributed by atoms with Crippen molar-refractivity contribution >= 4 is 11.6 Å². The highest BCUT2D eigenvalue weighted by atomic mass is 16.5. The quantitative estimate of drug-likeness (QED) is 0.709. The highest BCUT2D eigenvalue weighted by molar-refractivity contribution is 5.87. The van der Waals surface area contributed by atoms with E-state index in [4.69, 9.17) is 10.5 Å². The number of hydrogen-bond acceptors (Lipinski definition) is 3. The largest absolute Gasteiger partial charge is 0.497 e. The zero-order valence-corrected chi connectivity index (χ0v) is 12.0. The van der Waals surface area contributed by atoms with Crippen molar-refractivity contribution in [1.82, 2.24) is 0 Å². The summed E-state index contributed by atoms with van der Waals surface area (Å²) in [5.41, 5.74) is 5.66. The van der Waals surface area contributed by atoms with E-state index in [9.17, 15) is 4.79 Å². The molecule has 0 aromatic heterocycles. The monoisotopic (exact) mass is 264 g/mol. The molecule has 0 aliphatic carbocycles. The van der Waals surface area contributed by atoms with Crippen molar-refractivity contribution in [3.8, 4) is 5.75 Å². The van der Waals surface area contributed by atoms with Gasteiger partial charge in [-0.05, 0) is 25.5 Å². The number of methoxy groups -OCH3 is 1. The van der Waals surface area contributed by atoms with Gasteiger partial charge in [0.2, 0.25) is 5.91 Å². The molecular weight excluding hydrogens is 240 g/mol. The Morgan fingerprint density at radius 3 is 2.74 bits per heavy atom. The van der Waals surface area contributed by atoms with Crippen LogP contribution in [0.4, 0.5) is 5.69 Å². The van der Waals surface area contributed by atoms with E-state index in [1.807, 2.05) is 31.2 Å². The van der Waals surface area contributed by atoms with Crippen molar-refractivity contribution in [2.24, 2.45) is 5.73 Å². The second kappa shape index (κ2) is 7.02. The fourth-order valence-corrected chi connectivity index (χ4v) is 2.00. The van der Waals surface area contributed by atoms with E-state index >= 15 is 0 Å².